The van der Waals surface area contributed by atoms with Gasteiger partial charge in [0.05, 0.1) is 5.69 Å². The van der Waals surface area contributed by atoms with Gasteiger partial charge in [-0.1, -0.05) is 18.2 Å². The fourth-order valence-corrected chi connectivity index (χ4v) is 3.98. The largest absolute Gasteiger partial charge is 0.454 e. The Balaban J connectivity index is 1.43. The van der Waals surface area contributed by atoms with Crippen LogP contribution < -0.4 is 9.47 Å². The van der Waals surface area contributed by atoms with Crippen molar-refractivity contribution >= 4 is 0 Å². The Labute approximate surface area is 160 Å². The van der Waals surface area contributed by atoms with Gasteiger partial charge < -0.3 is 14.6 Å². The first-order valence-corrected chi connectivity index (χ1v) is 9.60. The van der Waals surface area contributed by atoms with Crippen LogP contribution in [-0.2, 0) is 13.1 Å². The van der Waals surface area contributed by atoms with E-state index in [0.717, 1.165) is 62.0 Å². The maximum atomic E-state index is 9.55. The Morgan fingerprint density at radius 3 is 2.85 bits per heavy atom. The molecule has 0 radical (unpaired) electrons. The molecule has 0 bridgehead atoms. The minimum atomic E-state index is 0.202. The van der Waals surface area contributed by atoms with Gasteiger partial charge in [-0.05, 0) is 31.5 Å². The maximum Gasteiger partial charge on any atom is 0.231 e. The van der Waals surface area contributed by atoms with Gasteiger partial charge in [-0.2, -0.15) is 0 Å². The van der Waals surface area contributed by atoms with E-state index in [1.165, 1.54) is 5.56 Å². The number of aliphatic hydroxyl groups excluding tert-OH is 1. The second-order valence-corrected chi connectivity index (χ2v) is 7.29. The van der Waals surface area contributed by atoms with Crippen LogP contribution in [0.3, 0.4) is 0 Å². The van der Waals surface area contributed by atoms with Gasteiger partial charge >= 0.3 is 0 Å². The van der Waals surface area contributed by atoms with Gasteiger partial charge in [0.15, 0.2) is 11.5 Å². The van der Waals surface area contributed by atoms with E-state index in [9.17, 15) is 5.11 Å². The number of para-hydroxylation sites is 1. The van der Waals surface area contributed by atoms with E-state index in [4.69, 9.17) is 9.47 Å². The van der Waals surface area contributed by atoms with E-state index >= 15 is 0 Å². The van der Waals surface area contributed by atoms with E-state index < -0.39 is 0 Å². The highest BCUT2D eigenvalue weighted by molar-refractivity contribution is 5.48. The van der Waals surface area contributed by atoms with Crippen LogP contribution in [0.15, 0.2) is 36.4 Å². The Hall–Kier alpha value is -2.15. The molecule has 1 aromatic heterocycles. The Kier molecular flexibility index (Phi) is 5.57. The van der Waals surface area contributed by atoms with Crippen molar-refractivity contribution in [3.05, 3.63) is 53.3 Å². The molecule has 1 fully saturated rings. The molecule has 6 nitrogen and oxygen atoms in total. The summed E-state index contributed by atoms with van der Waals surface area (Å²) in [4.78, 5) is 9.53. The van der Waals surface area contributed by atoms with E-state index in [1.807, 2.05) is 25.1 Å². The molecule has 0 saturated carbocycles. The standard InChI is InChI=1S/C21H27N3O3/c1-16-4-2-6-18(22-16)13-24-10-9-23(14-19(24)8-11-25)12-17-5-3-7-20-21(17)27-15-26-20/h2-7,19,25H,8-15H2,1H3/t19-/m1/s1. The number of nitrogens with zero attached hydrogens (tertiary/aromatic N) is 3. The van der Waals surface area contributed by atoms with Gasteiger partial charge in [0.2, 0.25) is 6.79 Å². The predicted octanol–water partition coefficient (Wildman–Crippen LogP) is 2.19. The lowest BCUT2D eigenvalue weighted by molar-refractivity contribution is 0.0487. The van der Waals surface area contributed by atoms with Crippen molar-refractivity contribution in [2.45, 2.75) is 32.5 Å². The zero-order valence-corrected chi connectivity index (χ0v) is 15.8. The lowest BCUT2D eigenvalue weighted by Gasteiger charge is -2.41. The Morgan fingerprint density at radius 2 is 2.00 bits per heavy atom. The Morgan fingerprint density at radius 1 is 1.11 bits per heavy atom. The van der Waals surface area contributed by atoms with Crippen LogP contribution >= 0.6 is 0 Å². The summed E-state index contributed by atoms with van der Waals surface area (Å²) in [5, 5.41) is 9.55. The molecule has 4 rings (SSSR count). The summed E-state index contributed by atoms with van der Waals surface area (Å²) in [6.07, 6.45) is 0.773. The highest BCUT2D eigenvalue weighted by Crippen LogP contribution is 2.36. The summed E-state index contributed by atoms with van der Waals surface area (Å²) < 4.78 is 11.1. The second kappa shape index (κ2) is 8.25. The first-order chi connectivity index (χ1) is 13.2. The lowest BCUT2D eigenvalue weighted by atomic mass is 10.1. The fourth-order valence-electron chi connectivity index (χ4n) is 3.98. The third-order valence-corrected chi connectivity index (χ3v) is 5.33. The average Bonchev–Trinajstić information content (AvgIpc) is 3.14. The molecular formula is C21H27N3O3. The molecule has 2 aromatic rings. The molecule has 3 heterocycles. The molecule has 1 saturated heterocycles. The highest BCUT2D eigenvalue weighted by atomic mass is 16.7. The van der Waals surface area contributed by atoms with Gasteiger partial charge in [-0.3, -0.25) is 14.8 Å². The molecule has 0 unspecified atom stereocenters. The van der Waals surface area contributed by atoms with Crippen molar-refractivity contribution in [2.24, 2.45) is 0 Å². The van der Waals surface area contributed by atoms with E-state index in [-0.39, 0.29) is 6.61 Å². The van der Waals surface area contributed by atoms with E-state index in [2.05, 4.69) is 33.0 Å². The number of piperazine rings is 1. The summed E-state index contributed by atoms with van der Waals surface area (Å²) in [5.41, 5.74) is 3.31. The number of aliphatic hydroxyl groups is 1. The molecule has 1 atom stereocenters. The third-order valence-electron chi connectivity index (χ3n) is 5.33. The van der Waals surface area contributed by atoms with Crippen LogP contribution in [0.5, 0.6) is 11.5 Å². The molecule has 2 aliphatic rings. The molecule has 0 amide bonds. The topological polar surface area (TPSA) is 58.1 Å². The minimum Gasteiger partial charge on any atom is -0.454 e. The molecule has 6 heteroatoms. The first-order valence-electron chi connectivity index (χ1n) is 9.60. The van der Waals surface area contributed by atoms with E-state index in [0.29, 0.717) is 12.8 Å². The van der Waals surface area contributed by atoms with Crippen LogP contribution in [0.25, 0.3) is 0 Å². The second-order valence-electron chi connectivity index (χ2n) is 7.29. The van der Waals surface area contributed by atoms with Crippen molar-refractivity contribution in [2.75, 3.05) is 33.0 Å². The summed E-state index contributed by atoms with van der Waals surface area (Å²) >= 11 is 0. The number of hydrogen-bond donors (Lipinski definition) is 1. The van der Waals surface area contributed by atoms with Crippen LogP contribution in [0, 0.1) is 6.92 Å². The monoisotopic (exact) mass is 369 g/mol. The van der Waals surface area contributed by atoms with Crippen LogP contribution in [-0.4, -0.2) is 59.0 Å². The fraction of sp³-hybridized carbons (Fsp3) is 0.476. The van der Waals surface area contributed by atoms with Crippen molar-refractivity contribution in [1.29, 1.82) is 0 Å². The number of rotatable bonds is 6. The quantitative estimate of drug-likeness (QED) is 0.842. The Bertz CT molecular complexity index is 783. The van der Waals surface area contributed by atoms with Crippen LogP contribution in [0.4, 0.5) is 0 Å². The number of aryl methyl sites for hydroxylation is 1. The molecule has 1 N–H and O–H groups in total. The summed E-state index contributed by atoms with van der Waals surface area (Å²) in [7, 11) is 0. The maximum absolute atomic E-state index is 9.55. The lowest BCUT2D eigenvalue weighted by Crippen LogP contribution is -2.52. The van der Waals surface area contributed by atoms with Gasteiger partial charge in [0, 0.05) is 56.6 Å². The summed E-state index contributed by atoms with van der Waals surface area (Å²) in [6.45, 7) is 7.08. The minimum absolute atomic E-state index is 0.202. The van der Waals surface area contributed by atoms with E-state index in [1.54, 1.807) is 0 Å². The highest BCUT2D eigenvalue weighted by Gasteiger charge is 2.28. The molecule has 1 aromatic carbocycles. The number of hydrogen-bond acceptors (Lipinski definition) is 6. The molecule has 144 valence electrons. The number of benzene rings is 1. The SMILES string of the molecule is Cc1cccc(CN2CCN(Cc3cccc4c3OCO4)C[C@H]2CCO)n1. The third kappa shape index (κ3) is 4.24. The molecule has 27 heavy (non-hydrogen) atoms. The van der Waals surface area contributed by atoms with Crippen molar-refractivity contribution in [1.82, 2.24) is 14.8 Å². The van der Waals surface area contributed by atoms with Crippen molar-refractivity contribution in [3.63, 3.8) is 0 Å². The number of fused-ring (bicyclic) bond motifs is 1. The van der Waals surface area contributed by atoms with Gasteiger partial charge in [0.25, 0.3) is 0 Å². The first kappa shape index (κ1) is 18.2. The summed E-state index contributed by atoms with van der Waals surface area (Å²) in [5.74, 6) is 1.71. The summed E-state index contributed by atoms with van der Waals surface area (Å²) in [6, 6.07) is 12.6. The van der Waals surface area contributed by atoms with Crippen molar-refractivity contribution < 1.29 is 14.6 Å². The van der Waals surface area contributed by atoms with Crippen molar-refractivity contribution in [3.8, 4) is 11.5 Å². The number of ether oxygens (including phenoxy) is 2. The average molecular weight is 369 g/mol. The zero-order chi connectivity index (χ0) is 18.6. The van der Waals surface area contributed by atoms with Gasteiger partial charge in [-0.15, -0.1) is 0 Å². The molecule has 0 aliphatic carbocycles. The van der Waals surface area contributed by atoms with Crippen LogP contribution in [0.1, 0.15) is 23.4 Å². The zero-order valence-electron chi connectivity index (χ0n) is 15.8. The predicted molar refractivity (Wildman–Crippen MR) is 103 cm³/mol. The molecule has 0 spiro atoms. The smallest absolute Gasteiger partial charge is 0.231 e. The number of aromatic nitrogens is 1. The van der Waals surface area contributed by atoms with Gasteiger partial charge in [0.1, 0.15) is 0 Å². The molecule has 2 aliphatic heterocycles. The van der Waals surface area contributed by atoms with Crippen LogP contribution in [0.2, 0.25) is 0 Å². The van der Waals surface area contributed by atoms with Gasteiger partial charge in [-0.25, -0.2) is 0 Å². The normalized spacial score (nSPS) is 20.1. The molecular weight excluding hydrogens is 342 g/mol. The number of pyridine rings is 1.